The smallest absolute Gasteiger partial charge is 0.221 e. The zero-order chi connectivity index (χ0) is 11.3. The highest BCUT2D eigenvalue weighted by Gasteiger charge is 2.25. The zero-order valence-corrected chi connectivity index (χ0v) is 10.5. The van der Waals surface area contributed by atoms with E-state index in [1.807, 2.05) is 18.7 Å². The van der Waals surface area contributed by atoms with Gasteiger partial charge in [-0.2, -0.15) is 11.8 Å². The maximum absolute atomic E-state index is 11.6. The third kappa shape index (κ3) is 4.43. The van der Waals surface area contributed by atoms with Gasteiger partial charge in [-0.25, -0.2) is 0 Å². The molecule has 0 aliphatic heterocycles. The molecule has 0 bridgehead atoms. The Labute approximate surface area is 96.6 Å². The maximum Gasteiger partial charge on any atom is 0.221 e. The van der Waals surface area contributed by atoms with Gasteiger partial charge in [-0.15, -0.1) is 0 Å². The van der Waals surface area contributed by atoms with Gasteiger partial charge in [0.25, 0.3) is 0 Å². The summed E-state index contributed by atoms with van der Waals surface area (Å²) < 4.78 is 0. The average molecular weight is 230 g/mol. The van der Waals surface area contributed by atoms with Crippen molar-refractivity contribution in [2.75, 3.05) is 6.26 Å². The largest absolute Gasteiger partial charge is 0.352 e. The van der Waals surface area contributed by atoms with E-state index in [1.165, 1.54) is 19.3 Å². The molecular formula is C11H22N2OS. The molecule has 0 heterocycles. The number of carbonyl (C=O) groups is 1. The second-order valence-corrected chi connectivity index (χ2v) is 5.49. The summed E-state index contributed by atoms with van der Waals surface area (Å²) in [6.07, 6.45) is 7.45. The van der Waals surface area contributed by atoms with Crippen LogP contribution in [0.25, 0.3) is 0 Å². The zero-order valence-electron chi connectivity index (χ0n) is 9.66. The molecule has 1 amide bonds. The molecule has 15 heavy (non-hydrogen) atoms. The van der Waals surface area contributed by atoms with Crippen molar-refractivity contribution in [3.63, 3.8) is 0 Å². The highest BCUT2D eigenvalue weighted by molar-refractivity contribution is 7.99. The quantitative estimate of drug-likeness (QED) is 0.770. The van der Waals surface area contributed by atoms with E-state index in [9.17, 15) is 4.79 Å². The van der Waals surface area contributed by atoms with Gasteiger partial charge in [0.15, 0.2) is 0 Å². The molecule has 0 saturated heterocycles. The lowest BCUT2D eigenvalue weighted by Crippen LogP contribution is -2.44. The molecule has 1 fully saturated rings. The van der Waals surface area contributed by atoms with Crippen molar-refractivity contribution in [2.24, 2.45) is 5.73 Å². The maximum atomic E-state index is 11.6. The lowest BCUT2D eigenvalue weighted by molar-refractivity contribution is -0.122. The van der Waals surface area contributed by atoms with Gasteiger partial charge in [0.2, 0.25) is 5.91 Å². The van der Waals surface area contributed by atoms with Gasteiger partial charge in [0.05, 0.1) is 0 Å². The van der Waals surface area contributed by atoms with Crippen molar-refractivity contribution in [2.45, 2.75) is 56.4 Å². The monoisotopic (exact) mass is 230 g/mol. The summed E-state index contributed by atoms with van der Waals surface area (Å²) in [5.74, 6) is 0.107. The van der Waals surface area contributed by atoms with E-state index in [-0.39, 0.29) is 11.9 Å². The molecule has 1 rings (SSSR count). The first kappa shape index (κ1) is 12.8. The summed E-state index contributed by atoms with van der Waals surface area (Å²) in [4.78, 5) is 11.6. The Kier molecular flexibility index (Phi) is 5.47. The van der Waals surface area contributed by atoms with E-state index in [0.717, 1.165) is 6.42 Å². The van der Waals surface area contributed by atoms with E-state index in [0.29, 0.717) is 17.7 Å². The first-order valence-electron chi connectivity index (χ1n) is 5.71. The Balaban J connectivity index is 2.37. The van der Waals surface area contributed by atoms with Crippen LogP contribution >= 0.6 is 11.8 Å². The lowest BCUT2D eigenvalue weighted by atomic mass is 9.94. The van der Waals surface area contributed by atoms with Gasteiger partial charge in [0.1, 0.15) is 0 Å². The van der Waals surface area contributed by atoms with Crippen LogP contribution in [0.2, 0.25) is 0 Å². The molecule has 3 unspecified atom stereocenters. The number of thioether (sulfide) groups is 1. The molecule has 3 N–H and O–H groups in total. The van der Waals surface area contributed by atoms with Crippen molar-refractivity contribution in [1.82, 2.24) is 5.32 Å². The van der Waals surface area contributed by atoms with Crippen LogP contribution in [0.4, 0.5) is 0 Å². The third-order valence-corrected chi connectivity index (χ3v) is 4.03. The van der Waals surface area contributed by atoms with Crippen LogP contribution in [0.5, 0.6) is 0 Å². The van der Waals surface area contributed by atoms with Crippen molar-refractivity contribution >= 4 is 17.7 Å². The molecule has 4 heteroatoms. The number of hydrogen-bond acceptors (Lipinski definition) is 3. The number of nitrogens with two attached hydrogens (primary N) is 1. The molecule has 0 aromatic rings. The molecule has 88 valence electrons. The fraction of sp³-hybridized carbons (Fsp3) is 0.909. The highest BCUT2D eigenvalue weighted by Crippen LogP contribution is 2.27. The summed E-state index contributed by atoms with van der Waals surface area (Å²) in [7, 11) is 0. The topological polar surface area (TPSA) is 55.1 Å². The Morgan fingerprint density at radius 2 is 2.20 bits per heavy atom. The van der Waals surface area contributed by atoms with Crippen molar-refractivity contribution < 1.29 is 4.79 Å². The summed E-state index contributed by atoms with van der Waals surface area (Å²) >= 11 is 1.87. The minimum atomic E-state index is -0.0404. The fourth-order valence-corrected chi connectivity index (χ4v) is 3.04. The minimum absolute atomic E-state index is 0.0404. The van der Waals surface area contributed by atoms with E-state index < -0.39 is 0 Å². The van der Waals surface area contributed by atoms with Crippen LogP contribution in [0.1, 0.15) is 39.0 Å². The number of amides is 1. The molecule has 1 aliphatic carbocycles. The Bertz CT molecular complexity index is 209. The van der Waals surface area contributed by atoms with Crippen LogP contribution in [-0.2, 0) is 4.79 Å². The van der Waals surface area contributed by atoms with Gasteiger partial charge < -0.3 is 11.1 Å². The predicted octanol–water partition coefficient (Wildman–Crippen LogP) is 1.51. The summed E-state index contributed by atoms with van der Waals surface area (Å²) in [6.45, 7) is 1.87. The molecule has 3 atom stereocenters. The third-order valence-electron chi connectivity index (χ3n) is 2.86. The number of rotatable bonds is 4. The second-order valence-electron chi connectivity index (χ2n) is 4.41. The van der Waals surface area contributed by atoms with E-state index in [1.54, 1.807) is 0 Å². The van der Waals surface area contributed by atoms with Crippen LogP contribution in [-0.4, -0.2) is 29.5 Å². The van der Waals surface area contributed by atoms with E-state index in [2.05, 4.69) is 11.6 Å². The van der Waals surface area contributed by atoms with Crippen LogP contribution in [0.15, 0.2) is 0 Å². The standard InChI is InChI=1S/C11H22N2OS/c1-8(12)7-11(14)13-9-5-3-4-6-10(9)15-2/h8-10H,3-7,12H2,1-2H3,(H,13,14). The first-order chi connectivity index (χ1) is 7.13. The summed E-state index contributed by atoms with van der Waals surface area (Å²) in [6, 6.07) is 0.321. The Morgan fingerprint density at radius 1 is 1.53 bits per heavy atom. The molecule has 1 saturated carbocycles. The normalized spacial score (nSPS) is 28.5. The first-order valence-corrected chi connectivity index (χ1v) is 7.00. The van der Waals surface area contributed by atoms with Gasteiger partial charge in [0, 0.05) is 23.8 Å². The lowest BCUT2D eigenvalue weighted by Gasteiger charge is -2.31. The van der Waals surface area contributed by atoms with E-state index in [4.69, 9.17) is 5.73 Å². The van der Waals surface area contributed by atoms with E-state index >= 15 is 0 Å². The summed E-state index contributed by atoms with van der Waals surface area (Å²) in [5, 5.41) is 3.70. The van der Waals surface area contributed by atoms with Gasteiger partial charge in [-0.05, 0) is 26.0 Å². The molecule has 0 aromatic carbocycles. The minimum Gasteiger partial charge on any atom is -0.352 e. The van der Waals surface area contributed by atoms with Crippen LogP contribution in [0.3, 0.4) is 0 Å². The highest BCUT2D eigenvalue weighted by atomic mass is 32.2. The molecule has 0 radical (unpaired) electrons. The SMILES string of the molecule is CSC1CCCCC1NC(=O)CC(C)N. The van der Waals surface area contributed by atoms with Gasteiger partial charge in [-0.1, -0.05) is 12.8 Å². The molecule has 0 spiro atoms. The second kappa shape index (κ2) is 6.38. The van der Waals surface area contributed by atoms with Gasteiger partial charge >= 0.3 is 0 Å². The number of nitrogens with one attached hydrogen (secondary N) is 1. The molecule has 0 aromatic heterocycles. The van der Waals surface area contributed by atoms with Crippen molar-refractivity contribution in [1.29, 1.82) is 0 Å². The molecular weight excluding hydrogens is 208 g/mol. The number of carbonyl (C=O) groups excluding carboxylic acids is 1. The molecule has 3 nitrogen and oxygen atoms in total. The van der Waals surface area contributed by atoms with Crippen molar-refractivity contribution in [3.8, 4) is 0 Å². The fourth-order valence-electron chi connectivity index (χ4n) is 2.10. The Hall–Kier alpha value is -0.220. The van der Waals surface area contributed by atoms with Crippen molar-refractivity contribution in [3.05, 3.63) is 0 Å². The Morgan fingerprint density at radius 3 is 2.80 bits per heavy atom. The average Bonchev–Trinajstić information content (AvgIpc) is 2.17. The van der Waals surface area contributed by atoms with Crippen LogP contribution < -0.4 is 11.1 Å². The number of hydrogen-bond donors (Lipinski definition) is 2. The molecule has 1 aliphatic rings. The predicted molar refractivity (Wildman–Crippen MR) is 66.0 cm³/mol. The van der Waals surface area contributed by atoms with Crippen LogP contribution in [0, 0.1) is 0 Å². The summed E-state index contributed by atoms with van der Waals surface area (Å²) in [5.41, 5.74) is 5.60. The van der Waals surface area contributed by atoms with Gasteiger partial charge in [-0.3, -0.25) is 4.79 Å².